The molecule has 0 fully saturated rings. The number of hydrogen-bond acceptors (Lipinski definition) is 4. The van der Waals surface area contributed by atoms with Gasteiger partial charge in [-0.1, -0.05) is 12.8 Å². The van der Waals surface area contributed by atoms with Crippen LogP contribution >= 0.6 is 15.2 Å². The summed E-state index contributed by atoms with van der Waals surface area (Å²) in [5.41, 5.74) is 5.17. The number of aliphatic hydroxyl groups is 1. The van der Waals surface area contributed by atoms with Crippen molar-refractivity contribution in [2.45, 2.75) is 37.3 Å². The Labute approximate surface area is 92.8 Å². The van der Waals surface area contributed by atoms with Crippen molar-refractivity contribution >= 4 is 15.2 Å². The van der Waals surface area contributed by atoms with Gasteiger partial charge in [0.2, 0.25) is 0 Å². The van der Waals surface area contributed by atoms with Gasteiger partial charge in [0.1, 0.15) is 5.78 Å². The molecular formula is C6H17NO7P2. The van der Waals surface area contributed by atoms with Crippen LogP contribution in [-0.2, 0) is 9.13 Å². The Bertz CT molecular complexity index is 267. The highest BCUT2D eigenvalue weighted by atomic mass is 31.2. The first-order valence-electron chi connectivity index (χ1n) is 4.59. The molecule has 7 N–H and O–H groups in total. The minimum Gasteiger partial charge on any atom is -0.380 e. The fourth-order valence-corrected chi connectivity index (χ4v) is 2.05. The Morgan fingerprint density at radius 3 is 1.75 bits per heavy atom. The van der Waals surface area contributed by atoms with Crippen LogP contribution in [-0.4, -0.2) is 36.3 Å². The summed E-state index contributed by atoms with van der Waals surface area (Å²) >= 11 is 0. The van der Waals surface area contributed by atoms with Gasteiger partial charge in [-0.2, -0.15) is 0 Å². The Hall–Kier alpha value is 0.220. The summed E-state index contributed by atoms with van der Waals surface area (Å²) in [5, 5.41) is 8.96. The van der Waals surface area contributed by atoms with Crippen LogP contribution in [0.2, 0.25) is 0 Å². The van der Waals surface area contributed by atoms with Crippen molar-refractivity contribution in [1.82, 2.24) is 0 Å². The zero-order valence-corrected chi connectivity index (χ0v) is 10.3. The summed E-state index contributed by atoms with van der Waals surface area (Å²) in [4.78, 5) is 34.3. The number of aliphatic hydroxyl groups excluding tert-OH is 1. The Morgan fingerprint density at radius 1 is 0.938 bits per heavy atom. The first kappa shape index (κ1) is 16.2. The summed E-state index contributed by atoms with van der Waals surface area (Å²) in [5.74, 6) is -2.99. The average molecular weight is 277 g/mol. The Morgan fingerprint density at radius 2 is 1.38 bits per heavy atom. The Balaban J connectivity index is 3.78. The van der Waals surface area contributed by atoms with Crippen LogP contribution in [0.1, 0.15) is 25.7 Å². The maximum atomic E-state index is 10.6. The van der Waals surface area contributed by atoms with Crippen LogP contribution < -0.4 is 5.73 Å². The molecular weight excluding hydrogens is 260 g/mol. The molecule has 10 heteroatoms. The topological polar surface area (TPSA) is 161 Å². The maximum Gasteiger partial charge on any atom is 0.353 e. The monoisotopic (exact) mass is 277 g/mol. The van der Waals surface area contributed by atoms with Crippen molar-refractivity contribution in [2.75, 3.05) is 0 Å². The molecule has 0 bridgehead atoms. The number of rotatable bonds is 7. The summed E-state index contributed by atoms with van der Waals surface area (Å²) in [6, 6.07) is 0. The van der Waals surface area contributed by atoms with Crippen molar-refractivity contribution in [3.63, 3.8) is 0 Å². The largest absolute Gasteiger partial charge is 0.380 e. The van der Waals surface area contributed by atoms with E-state index in [0.717, 1.165) is 0 Å². The molecule has 0 spiro atoms. The highest BCUT2D eigenvalue weighted by molar-refractivity contribution is 7.52. The van der Waals surface area contributed by atoms with Gasteiger partial charge < -0.3 is 30.4 Å². The lowest BCUT2D eigenvalue weighted by Crippen LogP contribution is -2.19. The standard InChI is InChI=1S/C6H17NO7P2/c7-5(15(9,10)11)3-1-2-4-6(8)16(12,13)14/h5-6,8H,1-4,7H2,(H2,9,10,11)(H2,12,13,14). The molecule has 0 aliphatic heterocycles. The van der Waals surface area contributed by atoms with E-state index in [9.17, 15) is 9.13 Å². The van der Waals surface area contributed by atoms with E-state index in [1.54, 1.807) is 0 Å². The summed E-state index contributed by atoms with van der Waals surface area (Å²) in [6.45, 7) is 0. The molecule has 98 valence electrons. The second kappa shape index (κ2) is 6.23. The van der Waals surface area contributed by atoms with Gasteiger partial charge in [-0.05, 0) is 12.8 Å². The molecule has 0 saturated carbocycles. The van der Waals surface area contributed by atoms with Crippen molar-refractivity contribution in [3.05, 3.63) is 0 Å². The Kier molecular flexibility index (Phi) is 6.32. The second-order valence-corrected chi connectivity index (χ2v) is 7.13. The smallest absolute Gasteiger partial charge is 0.353 e. The van der Waals surface area contributed by atoms with Crippen molar-refractivity contribution in [1.29, 1.82) is 0 Å². The van der Waals surface area contributed by atoms with E-state index in [1.165, 1.54) is 0 Å². The van der Waals surface area contributed by atoms with Crippen molar-refractivity contribution in [3.8, 4) is 0 Å². The van der Waals surface area contributed by atoms with Gasteiger partial charge in [0, 0.05) is 0 Å². The van der Waals surface area contributed by atoms with Crippen molar-refractivity contribution < 1.29 is 33.8 Å². The fourth-order valence-electron chi connectivity index (χ4n) is 1.02. The normalized spacial score (nSPS) is 17.1. The number of unbranched alkanes of at least 4 members (excludes halogenated alkanes) is 1. The number of nitrogens with two attached hydrogens (primary N) is 1. The van der Waals surface area contributed by atoms with Gasteiger partial charge in [0.15, 0.2) is 5.85 Å². The SMILES string of the molecule is NC(CCCCC(O)P(=O)(O)O)P(=O)(O)O. The third-order valence-corrected chi connectivity index (χ3v) is 4.19. The van der Waals surface area contributed by atoms with Crippen molar-refractivity contribution in [2.24, 2.45) is 5.73 Å². The van der Waals surface area contributed by atoms with E-state index < -0.39 is 26.8 Å². The summed E-state index contributed by atoms with van der Waals surface area (Å²) in [6.07, 6.45) is 0.430. The summed E-state index contributed by atoms with van der Waals surface area (Å²) < 4.78 is 21.1. The van der Waals surface area contributed by atoms with Crippen LogP contribution in [0.15, 0.2) is 0 Å². The van der Waals surface area contributed by atoms with E-state index in [-0.39, 0.29) is 25.7 Å². The molecule has 16 heavy (non-hydrogen) atoms. The average Bonchev–Trinajstić information content (AvgIpc) is 2.08. The molecule has 0 aliphatic carbocycles. The quantitative estimate of drug-likeness (QED) is 0.268. The molecule has 0 radical (unpaired) electrons. The summed E-state index contributed by atoms with van der Waals surface area (Å²) in [7, 11) is -8.77. The predicted octanol–water partition coefficient (Wildman–Crippen LogP) is -0.495. The third-order valence-electron chi connectivity index (χ3n) is 2.03. The van der Waals surface area contributed by atoms with Gasteiger partial charge in [0.05, 0.1) is 0 Å². The molecule has 2 atom stereocenters. The molecule has 0 rings (SSSR count). The minimum atomic E-state index is -4.48. The fraction of sp³-hybridized carbons (Fsp3) is 1.00. The molecule has 0 aliphatic rings. The highest BCUT2D eigenvalue weighted by Gasteiger charge is 2.26. The molecule has 0 heterocycles. The first-order valence-corrected chi connectivity index (χ1v) is 7.95. The predicted molar refractivity (Wildman–Crippen MR) is 56.5 cm³/mol. The highest BCUT2D eigenvalue weighted by Crippen LogP contribution is 2.43. The minimum absolute atomic E-state index is 0.0398. The first-order chi connectivity index (χ1) is 7.05. The van der Waals surface area contributed by atoms with Gasteiger partial charge in [-0.15, -0.1) is 0 Å². The van der Waals surface area contributed by atoms with Crippen LogP contribution in [0.3, 0.4) is 0 Å². The maximum absolute atomic E-state index is 10.6. The van der Waals surface area contributed by atoms with E-state index in [4.69, 9.17) is 30.4 Å². The third kappa shape index (κ3) is 6.73. The van der Waals surface area contributed by atoms with E-state index >= 15 is 0 Å². The van der Waals surface area contributed by atoms with E-state index in [2.05, 4.69) is 0 Å². The molecule has 0 aromatic carbocycles. The van der Waals surface area contributed by atoms with Gasteiger partial charge in [0.25, 0.3) is 0 Å². The van der Waals surface area contributed by atoms with E-state index in [0.29, 0.717) is 0 Å². The molecule has 0 amide bonds. The lowest BCUT2D eigenvalue weighted by Gasteiger charge is -2.14. The van der Waals surface area contributed by atoms with Gasteiger partial charge in [-0.3, -0.25) is 9.13 Å². The van der Waals surface area contributed by atoms with Crippen LogP contribution in [0, 0.1) is 0 Å². The zero-order valence-electron chi connectivity index (χ0n) is 8.51. The molecule has 0 aromatic heterocycles. The van der Waals surface area contributed by atoms with Gasteiger partial charge >= 0.3 is 15.2 Å². The number of hydrogen-bond donors (Lipinski definition) is 6. The van der Waals surface area contributed by atoms with Crippen LogP contribution in [0.25, 0.3) is 0 Å². The van der Waals surface area contributed by atoms with Crippen LogP contribution in [0.5, 0.6) is 0 Å². The molecule has 2 unspecified atom stereocenters. The molecule has 8 nitrogen and oxygen atoms in total. The van der Waals surface area contributed by atoms with Crippen LogP contribution in [0.4, 0.5) is 0 Å². The van der Waals surface area contributed by atoms with Gasteiger partial charge in [-0.25, -0.2) is 0 Å². The second-order valence-electron chi connectivity index (χ2n) is 3.51. The zero-order chi connectivity index (χ0) is 13.0. The lowest BCUT2D eigenvalue weighted by molar-refractivity contribution is 0.190. The lowest BCUT2D eigenvalue weighted by atomic mass is 10.2. The van der Waals surface area contributed by atoms with E-state index in [1.807, 2.05) is 0 Å². The molecule has 0 saturated heterocycles. The molecule has 0 aromatic rings.